The van der Waals surface area contributed by atoms with Gasteiger partial charge < -0.3 is 15.6 Å². The molecule has 0 amide bonds. The molecule has 2 unspecified atom stereocenters. The first-order valence-corrected chi connectivity index (χ1v) is 4.88. The van der Waals surface area contributed by atoms with Crippen molar-refractivity contribution in [2.24, 2.45) is 11.7 Å². The van der Waals surface area contributed by atoms with Gasteiger partial charge in [-0.3, -0.25) is 0 Å². The predicted octanol–water partition coefficient (Wildman–Crippen LogP) is 1.46. The standard InChI is InChI=1S/C11H15NO2/c1-7-8(5-12)6-14-11-9(7)3-2-4-10(11)13/h2-4,7-8,13H,5-6,12H2,1H3. The van der Waals surface area contributed by atoms with Crippen molar-refractivity contribution in [3.05, 3.63) is 23.8 Å². The van der Waals surface area contributed by atoms with E-state index in [-0.39, 0.29) is 5.75 Å². The second-order valence-corrected chi connectivity index (χ2v) is 3.79. The molecule has 3 N–H and O–H groups in total. The highest BCUT2D eigenvalue weighted by atomic mass is 16.5. The Morgan fingerprint density at radius 1 is 1.57 bits per heavy atom. The first-order chi connectivity index (χ1) is 6.74. The predicted molar refractivity (Wildman–Crippen MR) is 54.6 cm³/mol. The molecule has 2 atom stereocenters. The van der Waals surface area contributed by atoms with Gasteiger partial charge in [0.25, 0.3) is 0 Å². The van der Waals surface area contributed by atoms with Gasteiger partial charge in [-0.2, -0.15) is 0 Å². The number of phenolic OH excluding ortho intramolecular Hbond substituents is 1. The molecule has 1 heterocycles. The SMILES string of the molecule is CC1c2cccc(O)c2OCC1CN. The number of rotatable bonds is 1. The van der Waals surface area contributed by atoms with Crippen LogP contribution in [0.1, 0.15) is 18.4 Å². The number of ether oxygens (including phenoxy) is 1. The van der Waals surface area contributed by atoms with Gasteiger partial charge in [-0.15, -0.1) is 0 Å². The van der Waals surface area contributed by atoms with Gasteiger partial charge >= 0.3 is 0 Å². The van der Waals surface area contributed by atoms with Crippen LogP contribution in [0.3, 0.4) is 0 Å². The summed E-state index contributed by atoms with van der Waals surface area (Å²) in [6, 6.07) is 5.47. The molecule has 0 spiro atoms. The van der Waals surface area contributed by atoms with E-state index in [0.717, 1.165) is 5.56 Å². The molecule has 0 radical (unpaired) electrons. The van der Waals surface area contributed by atoms with Crippen LogP contribution in [0.15, 0.2) is 18.2 Å². The summed E-state index contributed by atoms with van der Waals surface area (Å²) >= 11 is 0. The molecule has 76 valence electrons. The number of hydrogen-bond acceptors (Lipinski definition) is 3. The zero-order chi connectivity index (χ0) is 10.1. The Balaban J connectivity index is 2.41. The Morgan fingerprint density at radius 2 is 2.36 bits per heavy atom. The molecule has 0 aromatic heterocycles. The third-order valence-electron chi connectivity index (χ3n) is 2.97. The molecule has 1 aliphatic heterocycles. The third kappa shape index (κ3) is 1.34. The van der Waals surface area contributed by atoms with E-state index in [2.05, 4.69) is 6.92 Å². The van der Waals surface area contributed by atoms with E-state index in [9.17, 15) is 5.11 Å². The van der Waals surface area contributed by atoms with Gasteiger partial charge in [-0.05, 0) is 18.5 Å². The maximum Gasteiger partial charge on any atom is 0.164 e. The molecule has 0 fully saturated rings. The number of aromatic hydroxyl groups is 1. The number of fused-ring (bicyclic) bond motifs is 1. The van der Waals surface area contributed by atoms with Gasteiger partial charge in [-0.1, -0.05) is 19.1 Å². The Morgan fingerprint density at radius 3 is 3.07 bits per heavy atom. The summed E-state index contributed by atoms with van der Waals surface area (Å²) in [5, 5.41) is 9.58. The minimum atomic E-state index is 0.227. The lowest BCUT2D eigenvalue weighted by molar-refractivity contribution is 0.196. The summed E-state index contributed by atoms with van der Waals surface area (Å²) in [6.07, 6.45) is 0. The molecule has 0 saturated carbocycles. The van der Waals surface area contributed by atoms with Crippen LogP contribution in [0.25, 0.3) is 0 Å². The van der Waals surface area contributed by atoms with Crippen LogP contribution in [0, 0.1) is 5.92 Å². The number of hydrogen-bond donors (Lipinski definition) is 2. The van der Waals surface area contributed by atoms with Crippen molar-refractivity contribution < 1.29 is 9.84 Å². The number of benzene rings is 1. The molecule has 3 nitrogen and oxygen atoms in total. The van der Waals surface area contributed by atoms with Gasteiger partial charge in [0.2, 0.25) is 0 Å². The average molecular weight is 193 g/mol. The highest BCUT2D eigenvalue weighted by Gasteiger charge is 2.27. The summed E-state index contributed by atoms with van der Waals surface area (Å²) < 4.78 is 5.50. The van der Waals surface area contributed by atoms with E-state index in [1.54, 1.807) is 6.07 Å². The van der Waals surface area contributed by atoms with Gasteiger partial charge in [0.05, 0.1) is 6.61 Å². The van der Waals surface area contributed by atoms with Crippen LogP contribution < -0.4 is 10.5 Å². The van der Waals surface area contributed by atoms with Crippen molar-refractivity contribution in [3.8, 4) is 11.5 Å². The van der Waals surface area contributed by atoms with Crippen LogP contribution >= 0.6 is 0 Å². The van der Waals surface area contributed by atoms with Crippen molar-refractivity contribution in [1.82, 2.24) is 0 Å². The summed E-state index contributed by atoms with van der Waals surface area (Å²) in [5.74, 6) is 1.56. The van der Waals surface area contributed by atoms with E-state index in [4.69, 9.17) is 10.5 Å². The molecular weight excluding hydrogens is 178 g/mol. The van der Waals surface area contributed by atoms with Crippen molar-refractivity contribution in [1.29, 1.82) is 0 Å². The van der Waals surface area contributed by atoms with Crippen molar-refractivity contribution >= 4 is 0 Å². The highest BCUT2D eigenvalue weighted by molar-refractivity contribution is 5.48. The van der Waals surface area contributed by atoms with Gasteiger partial charge in [-0.25, -0.2) is 0 Å². The molecular formula is C11H15NO2. The van der Waals surface area contributed by atoms with Gasteiger partial charge in [0.1, 0.15) is 0 Å². The first kappa shape index (κ1) is 9.34. The van der Waals surface area contributed by atoms with E-state index in [0.29, 0.717) is 30.7 Å². The third-order valence-corrected chi connectivity index (χ3v) is 2.97. The van der Waals surface area contributed by atoms with Gasteiger partial charge in [0, 0.05) is 11.5 Å². The van der Waals surface area contributed by atoms with Crippen LogP contribution in [-0.4, -0.2) is 18.3 Å². The quantitative estimate of drug-likeness (QED) is 0.710. The average Bonchev–Trinajstić information content (AvgIpc) is 2.20. The zero-order valence-corrected chi connectivity index (χ0v) is 8.23. The molecule has 1 aromatic carbocycles. The minimum Gasteiger partial charge on any atom is -0.504 e. The molecule has 2 rings (SSSR count). The Bertz CT molecular complexity index is 338. The monoisotopic (exact) mass is 193 g/mol. The van der Waals surface area contributed by atoms with E-state index in [1.165, 1.54) is 0 Å². The fraction of sp³-hybridized carbons (Fsp3) is 0.455. The van der Waals surface area contributed by atoms with E-state index < -0.39 is 0 Å². The number of para-hydroxylation sites is 1. The number of phenols is 1. The van der Waals surface area contributed by atoms with Crippen molar-refractivity contribution in [2.75, 3.05) is 13.2 Å². The van der Waals surface area contributed by atoms with Crippen LogP contribution in [-0.2, 0) is 0 Å². The Labute approximate surface area is 83.5 Å². The largest absolute Gasteiger partial charge is 0.504 e. The second-order valence-electron chi connectivity index (χ2n) is 3.79. The molecule has 3 heteroatoms. The zero-order valence-electron chi connectivity index (χ0n) is 8.23. The van der Waals surface area contributed by atoms with Gasteiger partial charge in [0.15, 0.2) is 11.5 Å². The summed E-state index contributed by atoms with van der Waals surface area (Å²) in [7, 11) is 0. The lowest BCUT2D eigenvalue weighted by Crippen LogP contribution is -2.30. The normalized spacial score (nSPS) is 25.3. The fourth-order valence-electron chi connectivity index (χ4n) is 1.92. The number of nitrogens with two attached hydrogens (primary N) is 1. The lowest BCUT2D eigenvalue weighted by atomic mass is 9.85. The van der Waals surface area contributed by atoms with E-state index in [1.807, 2.05) is 12.1 Å². The second kappa shape index (κ2) is 3.50. The summed E-state index contributed by atoms with van der Waals surface area (Å²) in [6.45, 7) is 3.34. The highest BCUT2D eigenvalue weighted by Crippen LogP contribution is 2.41. The lowest BCUT2D eigenvalue weighted by Gasteiger charge is -2.30. The minimum absolute atomic E-state index is 0.227. The summed E-state index contributed by atoms with van der Waals surface area (Å²) in [4.78, 5) is 0. The molecule has 14 heavy (non-hydrogen) atoms. The Hall–Kier alpha value is -1.22. The smallest absolute Gasteiger partial charge is 0.164 e. The molecule has 0 saturated heterocycles. The van der Waals surface area contributed by atoms with Crippen molar-refractivity contribution in [3.63, 3.8) is 0 Å². The van der Waals surface area contributed by atoms with Crippen molar-refractivity contribution in [2.45, 2.75) is 12.8 Å². The summed E-state index contributed by atoms with van der Waals surface area (Å²) in [5.41, 5.74) is 6.71. The maximum atomic E-state index is 9.58. The van der Waals surface area contributed by atoms with Crippen LogP contribution in [0.5, 0.6) is 11.5 Å². The topological polar surface area (TPSA) is 55.5 Å². The molecule has 1 aliphatic rings. The Kier molecular flexibility index (Phi) is 2.33. The van der Waals surface area contributed by atoms with Crippen LogP contribution in [0.2, 0.25) is 0 Å². The fourth-order valence-corrected chi connectivity index (χ4v) is 1.92. The maximum absolute atomic E-state index is 9.58. The molecule has 0 bridgehead atoms. The molecule has 1 aromatic rings. The first-order valence-electron chi connectivity index (χ1n) is 4.88. The molecule has 0 aliphatic carbocycles. The van der Waals surface area contributed by atoms with Crippen LogP contribution in [0.4, 0.5) is 0 Å². The van der Waals surface area contributed by atoms with E-state index >= 15 is 0 Å².